The van der Waals surface area contributed by atoms with Crippen LogP contribution >= 0.6 is 23.2 Å². The van der Waals surface area contributed by atoms with Crippen molar-refractivity contribution >= 4 is 51.0 Å². The number of halogens is 2. The minimum atomic E-state index is -4.12. The Hall–Kier alpha value is -3.07. The first kappa shape index (κ1) is 23.6. The molecule has 1 N–H and O–H groups in total. The van der Waals surface area contributed by atoms with Crippen molar-refractivity contribution in [2.45, 2.75) is 4.90 Å². The molecule has 3 aromatic carbocycles. The third-order valence-corrected chi connectivity index (χ3v) is 6.93. The fraction of sp³-hybridized carbons (Fsp3) is 0.0909. The van der Waals surface area contributed by atoms with Gasteiger partial charge in [0.2, 0.25) is 0 Å². The van der Waals surface area contributed by atoms with Crippen molar-refractivity contribution in [2.75, 3.05) is 18.0 Å². The second kappa shape index (κ2) is 10.5. The lowest BCUT2D eigenvalue weighted by atomic mass is 10.2. The summed E-state index contributed by atoms with van der Waals surface area (Å²) >= 11 is 12.4. The molecule has 0 radical (unpaired) electrons. The van der Waals surface area contributed by atoms with Crippen molar-refractivity contribution in [1.29, 1.82) is 0 Å². The number of anilines is 1. The van der Waals surface area contributed by atoms with Crippen LogP contribution in [0, 0.1) is 0 Å². The molecule has 0 heterocycles. The van der Waals surface area contributed by atoms with Crippen molar-refractivity contribution < 1.29 is 17.9 Å². The molecule has 0 atom stereocenters. The first-order chi connectivity index (χ1) is 15.3. The van der Waals surface area contributed by atoms with Gasteiger partial charge >= 0.3 is 0 Å². The summed E-state index contributed by atoms with van der Waals surface area (Å²) in [5.41, 5.74) is 3.05. The molecule has 3 rings (SSSR count). The lowest BCUT2D eigenvalue weighted by molar-refractivity contribution is -0.119. The van der Waals surface area contributed by atoms with Crippen LogP contribution in [0.15, 0.2) is 82.8 Å². The van der Waals surface area contributed by atoms with Crippen LogP contribution < -0.4 is 14.5 Å². The number of hydrogen-bond acceptors (Lipinski definition) is 5. The number of amides is 1. The molecule has 0 aliphatic rings. The summed E-state index contributed by atoms with van der Waals surface area (Å²) in [5.74, 6) is -0.101. The molecular weight excluding hydrogens is 473 g/mol. The van der Waals surface area contributed by atoms with Gasteiger partial charge in [0.25, 0.3) is 15.9 Å². The Labute approximate surface area is 196 Å². The highest BCUT2D eigenvalue weighted by Crippen LogP contribution is 2.35. The maximum absolute atomic E-state index is 13.3. The predicted molar refractivity (Wildman–Crippen MR) is 126 cm³/mol. The summed E-state index contributed by atoms with van der Waals surface area (Å²) in [4.78, 5) is 12.6. The first-order valence-corrected chi connectivity index (χ1v) is 11.5. The molecule has 0 saturated heterocycles. The summed E-state index contributed by atoms with van der Waals surface area (Å²) in [6.07, 6.45) is 1.40. The smallest absolute Gasteiger partial charge is 0.264 e. The quantitative estimate of drug-likeness (QED) is 0.374. The van der Waals surface area contributed by atoms with Gasteiger partial charge in [0.1, 0.15) is 12.3 Å². The van der Waals surface area contributed by atoms with E-state index in [2.05, 4.69) is 10.5 Å². The number of para-hydroxylation sites is 1. The van der Waals surface area contributed by atoms with Crippen LogP contribution in [-0.4, -0.2) is 34.2 Å². The number of carbonyl (C=O) groups excluding carboxylic acids is 1. The maximum atomic E-state index is 13.3. The van der Waals surface area contributed by atoms with E-state index < -0.39 is 22.5 Å². The van der Waals surface area contributed by atoms with Gasteiger partial charge in [-0.05, 0) is 36.4 Å². The largest absolute Gasteiger partial charge is 0.496 e. The fourth-order valence-corrected chi connectivity index (χ4v) is 4.72. The van der Waals surface area contributed by atoms with Crippen molar-refractivity contribution in [3.05, 3.63) is 88.4 Å². The molecule has 0 fully saturated rings. The molecule has 7 nitrogen and oxygen atoms in total. The zero-order chi connectivity index (χ0) is 23.1. The monoisotopic (exact) mass is 491 g/mol. The van der Waals surface area contributed by atoms with Crippen molar-refractivity contribution in [3.8, 4) is 5.75 Å². The lowest BCUT2D eigenvalue weighted by Crippen LogP contribution is -2.39. The second-order valence-corrected chi connectivity index (χ2v) is 9.08. The third-order valence-electron chi connectivity index (χ3n) is 4.35. The Kier molecular flexibility index (Phi) is 7.74. The summed E-state index contributed by atoms with van der Waals surface area (Å²) in [6.45, 7) is -0.569. The Morgan fingerprint density at radius 3 is 2.44 bits per heavy atom. The number of methoxy groups -OCH3 is 1. The predicted octanol–water partition coefficient (Wildman–Crippen LogP) is 4.35. The summed E-state index contributed by atoms with van der Waals surface area (Å²) in [7, 11) is -2.60. The molecule has 0 aliphatic carbocycles. The number of carbonyl (C=O) groups is 1. The van der Waals surface area contributed by atoms with Crippen LogP contribution in [0.25, 0.3) is 0 Å². The molecule has 0 saturated carbocycles. The van der Waals surface area contributed by atoms with Gasteiger partial charge in [-0.15, -0.1) is 0 Å². The van der Waals surface area contributed by atoms with Crippen molar-refractivity contribution in [1.82, 2.24) is 5.43 Å². The van der Waals surface area contributed by atoms with Gasteiger partial charge in [-0.1, -0.05) is 59.6 Å². The zero-order valence-electron chi connectivity index (χ0n) is 16.9. The average molecular weight is 492 g/mol. The van der Waals surface area contributed by atoms with Crippen LogP contribution in [-0.2, 0) is 14.8 Å². The molecule has 1 amide bonds. The number of hydrogen-bond donors (Lipinski definition) is 1. The lowest BCUT2D eigenvalue weighted by Gasteiger charge is -2.24. The summed E-state index contributed by atoms with van der Waals surface area (Å²) < 4.78 is 32.7. The van der Waals surface area contributed by atoms with Gasteiger partial charge in [0, 0.05) is 5.56 Å². The van der Waals surface area contributed by atoms with E-state index in [1.165, 1.54) is 37.6 Å². The fourth-order valence-electron chi connectivity index (χ4n) is 2.82. The van der Waals surface area contributed by atoms with Crippen LogP contribution in [0.1, 0.15) is 5.56 Å². The van der Waals surface area contributed by atoms with E-state index in [0.717, 1.165) is 4.31 Å². The number of rotatable bonds is 8. The van der Waals surface area contributed by atoms with Gasteiger partial charge in [0.05, 0.1) is 34.0 Å². The van der Waals surface area contributed by atoms with Gasteiger partial charge in [-0.25, -0.2) is 13.8 Å². The van der Waals surface area contributed by atoms with E-state index in [1.807, 2.05) is 0 Å². The van der Waals surface area contributed by atoms with Crippen LogP contribution in [0.5, 0.6) is 5.75 Å². The highest BCUT2D eigenvalue weighted by molar-refractivity contribution is 7.92. The topological polar surface area (TPSA) is 88.1 Å². The highest BCUT2D eigenvalue weighted by atomic mass is 35.5. The number of sulfonamides is 1. The van der Waals surface area contributed by atoms with Gasteiger partial charge < -0.3 is 4.74 Å². The number of hydrazone groups is 1. The van der Waals surface area contributed by atoms with E-state index in [0.29, 0.717) is 11.3 Å². The number of ether oxygens (including phenoxy) is 1. The van der Waals surface area contributed by atoms with Gasteiger partial charge in [-0.3, -0.25) is 9.10 Å². The van der Waals surface area contributed by atoms with E-state index in [-0.39, 0.29) is 20.6 Å². The van der Waals surface area contributed by atoms with E-state index >= 15 is 0 Å². The maximum Gasteiger partial charge on any atom is 0.264 e. The van der Waals surface area contributed by atoms with Gasteiger partial charge in [0.15, 0.2) is 0 Å². The van der Waals surface area contributed by atoms with E-state index in [1.54, 1.807) is 48.5 Å². The molecular formula is C22H19Cl2N3O4S. The normalized spacial score (nSPS) is 11.3. The molecule has 0 unspecified atom stereocenters. The molecule has 0 bridgehead atoms. The first-order valence-electron chi connectivity index (χ1n) is 9.31. The minimum Gasteiger partial charge on any atom is -0.496 e. The molecule has 0 aliphatic heterocycles. The second-order valence-electron chi connectivity index (χ2n) is 6.43. The Balaban J connectivity index is 1.88. The van der Waals surface area contributed by atoms with E-state index in [4.69, 9.17) is 27.9 Å². The Morgan fingerprint density at radius 1 is 1.03 bits per heavy atom. The SMILES string of the molecule is COc1ccccc1/C=N/NC(=O)CN(c1cccc(Cl)c1Cl)S(=O)(=O)c1ccccc1. The molecule has 32 heavy (non-hydrogen) atoms. The van der Waals surface area contributed by atoms with Crippen LogP contribution in [0.4, 0.5) is 5.69 Å². The minimum absolute atomic E-state index is 0.00126. The van der Waals surface area contributed by atoms with Crippen LogP contribution in [0.3, 0.4) is 0 Å². The number of nitrogens with zero attached hydrogens (tertiary/aromatic N) is 2. The molecule has 166 valence electrons. The zero-order valence-corrected chi connectivity index (χ0v) is 19.2. The standard InChI is InChI=1S/C22H19Cl2N3O4S/c1-31-20-13-6-5-8-16(20)14-25-26-21(28)15-27(19-12-7-11-18(23)22(19)24)32(29,30)17-9-3-2-4-10-17/h2-14H,15H2,1H3,(H,26,28)/b25-14+. The summed E-state index contributed by atoms with van der Waals surface area (Å²) in [5, 5.41) is 4.08. The van der Waals surface area contributed by atoms with Gasteiger partial charge in [-0.2, -0.15) is 5.10 Å². The molecule has 10 heteroatoms. The number of benzene rings is 3. The average Bonchev–Trinajstić information content (AvgIpc) is 2.80. The molecule has 3 aromatic rings. The Morgan fingerprint density at radius 2 is 1.72 bits per heavy atom. The highest BCUT2D eigenvalue weighted by Gasteiger charge is 2.29. The summed E-state index contributed by atoms with van der Waals surface area (Å²) in [6, 6.07) is 19.4. The number of nitrogens with one attached hydrogen (secondary N) is 1. The van der Waals surface area contributed by atoms with Crippen molar-refractivity contribution in [2.24, 2.45) is 5.10 Å². The van der Waals surface area contributed by atoms with E-state index in [9.17, 15) is 13.2 Å². The molecule has 0 aromatic heterocycles. The Bertz CT molecular complexity index is 1230. The third kappa shape index (κ3) is 5.40. The van der Waals surface area contributed by atoms with Crippen LogP contribution in [0.2, 0.25) is 10.0 Å². The van der Waals surface area contributed by atoms with Crippen molar-refractivity contribution in [3.63, 3.8) is 0 Å². The molecule has 0 spiro atoms.